The zero-order valence-electron chi connectivity index (χ0n) is 14.4. The highest BCUT2D eigenvalue weighted by Gasteiger charge is 2.31. The van der Waals surface area contributed by atoms with E-state index in [1.165, 1.54) is 32.8 Å². The SMILES string of the molecule is C=C1c2cc(-c3ccccc3)ccc2-c2cc(S(C)(C)C)cc[n+]21. The Bertz CT molecular complexity index is 949. The van der Waals surface area contributed by atoms with E-state index in [0.29, 0.717) is 0 Å². The van der Waals surface area contributed by atoms with Gasteiger partial charge in [0.1, 0.15) is 0 Å². The number of nitrogens with zero attached hydrogens (tertiary/aromatic N) is 1. The number of rotatable bonds is 2. The van der Waals surface area contributed by atoms with E-state index in [4.69, 9.17) is 0 Å². The average Bonchev–Trinajstić information content (AvgIpc) is 2.87. The molecule has 4 rings (SSSR count). The van der Waals surface area contributed by atoms with E-state index >= 15 is 0 Å². The van der Waals surface area contributed by atoms with E-state index in [9.17, 15) is 0 Å². The maximum Gasteiger partial charge on any atom is 0.220 e. The summed E-state index contributed by atoms with van der Waals surface area (Å²) < 4.78 is 2.22. The highest BCUT2D eigenvalue weighted by molar-refractivity contribution is 8.32. The molecule has 0 saturated carbocycles. The number of benzene rings is 2. The third-order valence-corrected chi connectivity index (χ3v) is 6.31. The van der Waals surface area contributed by atoms with Crippen LogP contribution in [0.1, 0.15) is 5.56 Å². The molecule has 0 bridgehead atoms. The monoisotopic (exact) mass is 332 g/mol. The Kier molecular flexibility index (Phi) is 3.40. The molecule has 1 aliphatic rings. The molecule has 1 aromatic heterocycles. The molecule has 0 spiro atoms. The smallest absolute Gasteiger partial charge is 0.220 e. The summed E-state index contributed by atoms with van der Waals surface area (Å²) in [7, 11) is -0.739. The number of aromatic nitrogens is 1. The molecule has 0 N–H and O–H groups in total. The minimum atomic E-state index is -0.739. The van der Waals surface area contributed by atoms with Crippen LogP contribution >= 0.6 is 10.0 Å². The van der Waals surface area contributed by atoms with Gasteiger partial charge < -0.3 is 0 Å². The topological polar surface area (TPSA) is 3.88 Å². The van der Waals surface area contributed by atoms with Crippen molar-refractivity contribution in [3.63, 3.8) is 0 Å². The van der Waals surface area contributed by atoms with Crippen molar-refractivity contribution >= 4 is 15.7 Å². The number of hydrogen-bond acceptors (Lipinski definition) is 0. The first-order chi connectivity index (χ1) is 11.4. The summed E-state index contributed by atoms with van der Waals surface area (Å²) >= 11 is 0. The molecule has 1 nitrogen and oxygen atoms in total. The van der Waals surface area contributed by atoms with Crippen molar-refractivity contribution in [1.29, 1.82) is 0 Å². The second-order valence-electron chi connectivity index (χ2n) is 7.03. The van der Waals surface area contributed by atoms with E-state index < -0.39 is 10.0 Å². The molecule has 1 aliphatic heterocycles. The minimum Gasteiger partial charge on any atom is -0.223 e. The number of pyridine rings is 1. The Balaban J connectivity index is 1.86. The van der Waals surface area contributed by atoms with Gasteiger partial charge in [0, 0.05) is 17.0 Å². The van der Waals surface area contributed by atoms with E-state index in [-0.39, 0.29) is 0 Å². The fraction of sp³-hybridized carbons (Fsp3) is 0.136. The molecule has 2 heteroatoms. The van der Waals surface area contributed by atoms with Crippen molar-refractivity contribution in [3.05, 3.63) is 79.0 Å². The van der Waals surface area contributed by atoms with Crippen LogP contribution in [-0.4, -0.2) is 18.8 Å². The van der Waals surface area contributed by atoms with Gasteiger partial charge in [0.2, 0.25) is 11.4 Å². The van der Waals surface area contributed by atoms with Gasteiger partial charge in [-0.3, -0.25) is 0 Å². The lowest BCUT2D eigenvalue weighted by atomic mass is 9.98. The molecule has 0 aliphatic carbocycles. The highest BCUT2D eigenvalue weighted by atomic mass is 32.3. The molecule has 24 heavy (non-hydrogen) atoms. The van der Waals surface area contributed by atoms with Gasteiger partial charge in [-0.1, -0.05) is 36.4 Å². The summed E-state index contributed by atoms with van der Waals surface area (Å²) in [5.41, 5.74) is 7.32. The third kappa shape index (κ3) is 2.38. The Morgan fingerprint density at radius 3 is 2.25 bits per heavy atom. The maximum atomic E-state index is 4.33. The molecule has 0 unspecified atom stereocenters. The van der Waals surface area contributed by atoms with Gasteiger partial charge in [-0.25, -0.2) is 10.0 Å². The van der Waals surface area contributed by atoms with Crippen LogP contribution < -0.4 is 4.57 Å². The van der Waals surface area contributed by atoms with Crippen molar-refractivity contribution in [2.24, 2.45) is 0 Å². The summed E-state index contributed by atoms with van der Waals surface area (Å²) in [5.74, 6) is 0. The Morgan fingerprint density at radius 1 is 0.792 bits per heavy atom. The summed E-state index contributed by atoms with van der Waals surface area (Å²) in [6.07, 6.45) is 9.18. The highest BCUT2D eigenvalue weighted by Crippen LogP contribution is 2.46. The van der Waals surface area contributed by atoms with Crippen LogP contribution in [0.3, 0.4) is 0 Å². The minimum absolute atomic E-state index is 0.739. The zero-order chi connectivity index (χ0) is 16.9. The van der Waals surface area contributed by atoms with Gasteiger partial charge >= 0.3 is 0 Å². The van der Waals surface area contributed by atoms with Crippen molar-refractivity contribution in [2.45, 2.75) is 4.90 Å². The molecular weight excluding hydrogens is 310 g/mol. The lowest BCUT2D eigenvalue weighted by Gasteiger charge is -2.24. The standard InChI is InChI=1S/C22H22NS/c1-16-21-14-18(17-8-6-5-7-9-17)10-11-20(21)22-15-19(24(2,3)4)12-13-23(16)22/h5-15H,1H2,2-4H3/q+1. The van der Waals surface area contributed by atoms with Crippen molar-refractivity contribution in [1.82, 2.24) is 0 Å². The molecule has 0 atom stereocenters. The second kappa shape index (κ2) is 5.35. The lowest BCUT2D eigenvalue weighted by Crippen LogP contribution is -2.30. The van der Waals surface area contributed by atoms with Gasteiger partial charge in [0.25, 0.3) is 0 Å². The van der Waals surface area contributed by atoms with Crippen molar-refractivity contribution in [2.75, 3.05) is 18.8 Å². The molecule has 120 valence electrons. The Morgan fingerprint density at radius 2 is 1.54 bits per heavy atom. The Hall–Kier alpha value is -2.32. The van der Waals surface area contributed by atoms with E-state index in [0.717, 1.165) is 5.70 Å². The summed E-state index contributed by atoms with van der Waals surface area (Å²) in [6.45, 7) is 4.33. The largest absolute Gasteiger partial charge is 0.223 e. The first kappa shape index (κ1) is 15.2. The normalized spacial score (nSPS) is 13.5. The van der Waals surface area contributed by atoms with Gasteiger partial charge in [0.15, 0.2) is 6.20 Å². The molecule has 0 radical (unpaired) electrons. The number of hydrogen-bond donors (Lipinski definition) is 0. The van der Waals surface area contributed by atoms with Crippen molar-refractivity contribution in [3.8, 4) is 22.4 Å². The van der Waals surface area contributed by atoms with Crippen LogP contribution in [0.15, 0.2) is 78.3 Å². The second-order valence-corrected chi connectivity index (χ2v) is 11.2. The van der Waals surface area contributed by atoms with Crippen LogP contribution in [0.4, 0.5) is 0 Å². The van der Waals surface area contributed by atoms with E-state index in [1.54, 1.807) is 0 Å². The van der Waals surface area contributed by atoms with Gasteiger partial charge in [-0.2, -0.15) is 4.57 Å². The van der Waals surface area contributed by atoms with Crippen LogP contribution in [-0.2, 0) is 0 Å². The van der Waals surface area contributed by atoms with Gasteiger partial charge in [0.05, 0.1) is 11.1 Å². The Labute approximate surface area is 145 Å². The molecule has 0 saturated heterocycles. The number of fused-ring (bicyclic) bond motifs is 3. The fourth-order valence-corrected chi connectivity index (χ4v) is 4.19. The third-order valence-electron chi connectivity index (χ3n) is 4.64. The predicted octanol–water partition coefficient (Wildman–Crippen LogP) is 5.19. The maximum absolute atomic E-state index is 4.33. The predicted molar refractivity (Wildman–Crippen MR) is 106 cm³/mol. The lowest BCUT2D eigenvalue weighted by molar-refractivity contribution is -0.563. The first-order valence-electron chi connectivity index (χ1n) is 8.09. The van der Waals surface area contributed by atoms with Gasteiger partial charge in [-0.15, -0.1) is 0 Å². The summed E-state index contributed by atoms with van der Waals surface area (Å²) in [6, 6.07) is 21.8. The molecule has 2 aromatic carbocycles. The molecular formula is C22H22NS+. The van der Waals surface area contributed by atoms with Gasteiger partial charge in [-0.05, 0) is 48.6 Å². The molecule has 3 aromatic rings. The van der Waals surface area contributed by atoms with Crippen LogP contribution in [0.5, 0.6) is 0 Å². The average molecular weight is 332 g/mol. The summed E-state index contributed by atoms with van der Waals surface area (Å²) in [4.78, 5) is 1.43. The zero-order valence-corrected chi connectivity index (χ0v) is 15.2. The fourth-order valence-electron chi connectivity index (χ4n) is 3.25. The first-order valence-corrected chi connectivity index (χ1v) is 10.9. The van der Waals surface area contributed by atoms with E-state index in [2.05, 4.69) is 96.8 Å². The van der Waals surface area contributed by atoms with Crippen LogP contribution in [0.25, 0.3) is 28.1 Å². The molecule has 0 fully saturated rings. The van der Waals surface area contributed by atoms with Crippen LogP contribution in [0.2, 0.25) is 0 Å². The summed E-state index contributed by atoms with van der Waals surface area (Å²) in [5, 5.41) is 0. The van der Waals surface area contributed by atoms with Crippen LogP contribution in [0, 0.1) is 0 Å². The van der Waals surface area contributed by atoms with E-state index in [1.807, 2.05) is 0 Å². The quantitative estimate of drug-likeness (QED) is 0.445. The van der Waals surface area contributed by atoms with Crippen molar-refractivity contribution < 1.29 is 4.57 Å². The molecule has 0 amide bonds. The molecule has 2 heterocycles.